The van der Waals surface area contributed by atoms with Crippen molar-refractivity contribution < 1.29 is 17.9 Å². The molecule has 8 heteroatoms. The van der Waals surface area contributed by atoms with Crippen molar-refractivity contribution in [1.82, 2.24) is 15.0 Å². The molecular formula is C12H11F3N4O. The van der Waals surface area contributed by atoms with Crippen LogP contribution >= 0.6 is 0 Å². The van der Waals surface area contributed by atoms with Crippen LogP contribution in [-0.2, 0) is 0 Å². The number of ether oxygens (including phenoxy) is 1. The van der Waals surface area contributed by atoms with Crippen molar-refractivity contribution in [3.8, 4) is 17.3 Å². The first kappa shape index (κ1) is 14.0. The highest BCUT2D eigenvalue weighted by molar-refractivity contribution is 5.57. The third-order valence-electron chi connectivity index (χ3n) is 2.29. The van der Waals surface area contributed by atoms with E-state index in [9.17, 15) is 13.2 Å². The smallest absolute Gasteiger partial charge is 0.422 e. The Morgan fingerprint density at radius 1 is 1.20 bits per heavy atom. The Hall–Kier alpha value is -2.38. The lowest BCUT2D eigenvalue weighted by molar-refractivity contribution is -0.154. The number of pyridine rings is 1. The first-order chi connectivity index (χ1) is 9.35. The molecule has 2 N–H and O–H groups in total. The Kier molecular flexibility index (Phi) is 3.73. The van der Waals surface area contributed by atoms with E-state index in [0.717, 1.165) is 5.69 Å². The van der Waals surface area contributed by atoms with Gasteiger partial charge in [0.25, 0.3) is 5.88 Å². The summed E-state index contributed by atoms with van der Waals surface area (Å²) in [6.45, 7) is 0.342. The minimum Gasteiger partial charge on any atom is -0.465 e. The van der Waals surface area contributed by atoms with Gasteiger partial charge in [0.1, 0.15) is 5.69 Å². The van der Waals surface area contributed by atoms with Crippen LogP contribution in [0.5, 0.6) is 5.88 Å². The molecule has 0 bridgehead atoms. The van der Waals surface area contributed by atoms with Gasteiger partial charge in [0.05, 0.1) is 11.9 Å². The lowest BCUT2D eigenvalue weighted by Gasteiger charge is -2.10. The van der Waals surface area contributed by atoms with Crippen LogP contribution in [0.25, 0.3) is 11.4 Å². The topological polar surface area (TPSA) is 73.9 Å². The van der Waals surface area contributed by atoms with Crippen molar-refractivity contribution in [3.05, 3.63) is 30.1 Å². The summed E-state index contributed by atoms with van der Waals surface area (Å²) in [7, 11) is 0. The van der Waals surface area contributed by atoms with Gasteiger partial charge in [-0.1, -0.05) is 6.07 Å². The fraction of sp³-hybridized carbons (Fsp3) is 0.250. The predicted molar refractivity (Wildman–Crippen MR) is 66.0 cm³/mol. The van der Waals surface area contributed by atoms with Gasteiger partial charge in [-0.2, -0.15) is 13.2 Å². The summed E-state index contributed by atoms with van der Waals surface area (Å²) in [5, 5.41) is 0. The van der Waals surface area contributed by atoms with Gasteiger partial charge in [0.2, 0.25) is 0 Å². The van der Waals surface area contributed by atoms with E-state index in [0.29, 0.717) is 11.4 Å². The summed E-state index contributed by atoms with van der Waals surface area (Å²) in [6, 6.07) is 5.29. The zero-order chi connectivity index (χ0) is 14.8. The molecule has 2 rings (SSSR count). The van der Waals surface area contributed by atoms with E-state index in [1.807, 2.05) is 0 Å². The number of anilines is 1. The highest BCUT2D eigenvalue weighted by atomic mass is 19.4. The molecule has 0 aliphatic carbocycles. The van der Waals surface area contributed by atoms with Crippen LogP contribution < -0.4 is 10.5 Å². The minimum atomic E-state index is -4.45. The summed E-state index contributed by atoms with van der Waals surface area (Å²) < 4.78 is 40.6. The van der Waals surface area contributed by atoms with Crippen LogP contribution in [0.4, 0.5) is 19.0 Å². The number of aromatic nitrogens is 3. The standard InChI is InChI=1S/C12H11F3N4O/c1-7-3-2-4-8(18-7)9-5-17-11(10(16)19-9)20-6-12(13,14)15/h2-5H,6H2,1H3,(H2,16,19). The van der Waals surface area contributed by atoms with Gasteiger partial charge < -0.3 is 10.5 Å². The summed E-state index contributed by atoms with van der Waals surface area (Å²) in [5.41, 5.74) is 7.21. The predicted octanol–water partition coefficient (Wildman–Crippen LogP) is 2.37. The molecule has 0 aliphatic rings. The molecule has 2 aromatic rings. The quantitative estimate of drug-likeness (QED) is 0.936. The Balaban J connectivity index is 2.22. The molecule has 0 aliphatic heterocycles. The summed E-state index contributed by atoms with van der Waals surface area (Å²) in [4.78, 5) is 11.9. The second-order valence-corrected chi connectivity index (χ2v) is 4.01. The molecule has 0 unspecified atom stereocenters. The number of nitrogens with two attached hydrogens (primary N) is 1. The Bertz CT molecular complexity index is 616. The van der Waals surface area contributed by atoms with Gasteiger partial charge in [0.15, 0.2) is 12.4 Å². The molecular weight excluding hydrogens is 273 g/mol. The lowest BCUT2D eigenvalue weighted by Crippen LogP contribution is -2.20. The third kappa shape index (κ3) is 3.56. The van der Waals surface area contributed by atoms with Gasteiger partial charge in [0, 0.05) is 5.69 Å². The van der Waals surface area contributed by atoms with E-state index >= 15 is 0 Å². The number of alkyl halides is 3. The zero-order valence-corrected chi connectivity index (χ0v) is 10.5. The summed E-state index contributed by atoms with van der Waals surface area (Å²) in [6.07, 6.45) is -3.19. The van der Waals surface area contributed by atoms with Crippen molar-refractivity contribution in [2.75, 3.05) is 12.3 Å². The molecule has 5 nitrogen and oxygen atoms in total. The number of hydrogen-bond acceptors (Lipinski definition) is 5. The molecule has 0 radical (unpaired) electrons. The highest BCUT2D eigenvalue weighted by Gasteiger charge is 2.29. The highest BCUT2D eigenvalue weighted by Crippen LogP contribution is 2.23. The summed E-state index contributed by atoms with van der Waals surface area (Å²) >= 11 is 0. The maximum absolute atomic E-state index is 12.0. The molecule has 106 valence electrons. The molecule has 0 aromatic carbocycles. The van der Waals surface area contributed by atoms with Gasteiger partial charge in [-0.05, 0) is 19.1 Å². The van der Waals surface area contributed by atoms with E-state index < -0.39 is 12.8 Å². The average molecular weight is 284 g/mol. The van der Waals surface area contributed by atoms with E-state index in [1.165, 1.54) is 6.20 Å². The zero-order valence-electron chi connectivity index (χ0n) is 10.5. The van der Waals surface area contributed by atoms with Crippen LogP contribution in [-0.4, -0.2) is 27.7 Å². The number of halogens is 3. The fourth-order valence-electron chi connectivity index (χ4n) is 1.46. The Morgan fingerprint density at radius 3 is 2.55 bits per heavy atom. The van der Waals surface area contributed by atoms with Crippen LogP contribution in [0.1, 0.15) is 5.69 Å². The van der Waals surface area contributed by atoms with Crippen LogP contribution in [0.15, 0.2) is 24.4 Å². The lowest BCUT2D eigenvalue weighted by atomic mass is 10.2. The third-order valence-corrected chi connectivity index (χ3v) is 2.29. The van der Waals surface area contributed by atoms with Crippen molar-refractivity contribution in [2.24, 2.45) is 0 Å². The Labute approximate surface area is 112 Å². The van der Waals surface area contributed by atoms with Crippen molar-refractivity contribution in [1.29, 1.82) is 0 Å². The molecule has 20 heavy (non-hydrogen) atoms. The molecule has 0 saturated carbocycles. The first-order valence-electron chi connectivity index (χ1n) is 5.61. The minimum absolute atomic E-state index is 0.213. The number of nitrogens with zero attached hydrogens (tertiary/aromatic N) is 3. The second kappa shape index (κ2) is 5.32. The fourth-order valence-corrected chi connectivity index (χ4v) is 1.46. The Morgan fingerprint density at radius 2 is 1.95 bits per heavy atom. The van der Waals surface area contributed by atoms with Crippen molar-refractivity contribution >= 4 is 5.82 Å². The summed E-state index contributed by atoms with van der Waals surface area (Å²) in [5.74, 6) is -0.561. The van der Waals surface area contributed by atoms with Gasteiger partial charge in [-0.3, -0.25) is 4.98 Å². The number of rotatable bonds is 3. The van der Waals surface area contributed by atoms with Crippen molar-refractivity contribution in [3.63, 3.8) is 0 Å². The SMILES string of the molecule is Cc1cccc(-c2cnc(OCC(F)(F)F)c(N)n2)n1. The van der Waals surface area contributed by atoms with Crippen LogP contribution in [0.2, 0.25) is 0 Å². The van der Waals surface area contributed by atoms with Crippen LogP contribution in [0.3, 0.4) is 0 Å². The van der Waals surface area contributed by atoms with Crippen molar-refractivity contribution in [2.45, 2.75) is 13.1 Å². The molecule has 0 atom stereocenters. The van der Waals surface area contributed by atoms with E-state index in [1.54, 1.807) is 25.1 Å². The first-order valence-corrected chi connectivity index (χ1v) is 5.61. The molecule has 0 saturated heterocycles. The monoisotopic (exact) mass is 284 g/mol. The average Bonchev–Trinajstić information content (AvgIpc) is 2.36. The molecule has 0 fully saturated rings. The van der Waals surface area contributed by atoms with E-state index in [-0.39, 0.29) is 11.7 Å². The molecule has 0 amide bonds. The van der Waals surface area contributed by atoms with Gasteiger partial charge in [-0.15, -0.1) is 0 Å². The number of nitrogen functional groups attached to an aromatic ring is 1. The van der Waals surface area contributed by atoms with E-state index in [4.69, 9.17) is 5.73 Å². The largest absolute Gasteiger partial charge is 0.465 e. The maximum Gasteiger partial charge on any atom is 0.422 e. The normalized spacial score (nSPS) is 11.4. The number of aryl methyl sites for hydroxylation is 1. The molecule has 2 heterocycles. The maximum atomic E-state index is 12.0. The van der Waals surface area contributed by atoms with E-state index in [2.05, 4.69) is 19.7 Å². The van der Waals surface area contributed by atoms with Gasteiger partial charge >= 0.3 is 6.18 Å². The molecule has 2 aromatic heterocycles. The van der Waals surface area contributed by atoms with Gasteiger partial charge in [-0.25, -0.2) is 9.97 Å². The number of hydrogen-bond donors (Lipinski definition) is 1. The van der Waals surface area contributed by atoms with Crippen LogP contribution in [0, 0.1) is 6.92 Å². The second-order valence-electron chi connectivity index (χ2n) is 4.01. The molecule has 0 spiro atoms.